The maximum absolute atomic E-state index is 14.2. The van der Waals surface area contributed by atoms with Crippen LogP contribution >= 0.6 is 0 Å². The number of amides is 1. The minimum Gasteiger partial charge on any atom is -0.462 e. The van der Waals surface area contributed by atoms with Gasteiger partial charge in [0.25, 0.3) is 0 Å². The molecule has 5 heteroatoms. The second kappa shape index (κ2) is 8.93. The third-order valence-electron chi connectivity index (χ3n) is 14.2. The lowest BCUT2D eigenvalue weighted by molar-refractivity contribution is -0.233. The molecule has 0 aromatic carbocycles. The molecular formula is C35H53NO4. The maximum atomic E-state index is 14.2. The quantitative estimate of drug-likeness (QED) is 0.350. The first-order chi connectivity index (χ1) is 18.6. The van der Waals surface area contributed by atoms with Gasteiger partial charge in [0.1, 0.15) is 6.10 Å². The standard InChI is InChI=1S/C35H53NO4/c1-21(2)28-24(38)20-35(30(39)36-18-9-19-36)17-16-33(7)23(29(28)35)10-11-26-32(6)14-13-27(40-22(3)37)31(4,5)25(32)12-15-34(26,33)8/h21,23,25-27H,9-20H2,1-8H3/t23-,25+,26-,27+,32+,33-,34-,35-/m1/s1. The minimum atomic E-state index is -0.588. The molecule has 40 heavy (non-hydrogen) atoms. The smallest absolute Gasteiger partial charge is 0.302 e. The third kappa shape index (κ3) is 3.47. The van der Waals surface area contributed by atoms with E-state index < -0.39 is 5.41 Å². The second-order valence-corrected chi connectivity index (χ2v) is 16.4. The highest BCUT2D eigenvalue weighted by Crippen LogP contribution is 2.76. The lowest BCUT2D eigenvalue weighted by atomic mass is 9.33. The van der Waals surface area contributed by atoms with Crippen LogP contribution in [0.25, 0.3) is 0 Å². The number of ketones is 1. The van der Waals surface area contributed by atoms with E-state index >= 15 is 0 Å². The molecule has 1 saturated heterocycles. The fourth-order valence-corrected chi connectivity index (χ4v) is 12.1. The van der Waals surface area contributed by atoms with Gasteiger partial charge in [-0.25, -0.2) is 0 Å². The van der Waals surface area contributed by atoms with E-state index in [0.29, 0.717) is 24.2 Å². The summed E-state index contributed by atoms with van der Waals surface area (Å²) < 4.78 is 5.91. The van der Waals surface area contributed by atoms with E-state index in [0.717, 1.165) is 70.0 Å². The largest absolute Gasteiger partial charge is 0.462 e. The Labute approximate surface area is 242 Å². The predicted molar refractivity (Wildman–Crippen MR) is 156 cm³/mol. The number of Topliss-reactive ketones (excluding diaryl/α,β-unsaturated/α-hetero) is 1. The van der Waals surface area contributed by atoms with Gasteiger partial charge in [-0.2, -0.15) is 0 Å². The monoisotopic (exact) mass is 551 g/mol. The van der Waals surface area contributed by atoms with Gasteiger partial charge < -0.3 is 9.64 Å². The van der Waals surface area contributed by atoms with Crippen LogP contribution in [-0.2, 0) is 19.1 Å². The topological polar surface area (TPSA) is 63.7 Å². The molecular weight excluding hydrogens is 498 g/mol. The van der Waals surface area contributed by atoms with Crippen LogP contribution in [0.1, 0.15) is 120 Å². The van der Waals surface area contributed by atoms with E-state index in [1.807, 2.05) is 4.90 Å². The van der Waals surface area contributed by atoms with Gasteiger partial charge in [-0.15, -0.1) is 0 Å². The number of nitrogens with zero attached hydrogens (tertiary/aromatic N) is 1. The molecule has 0 radical (unpaired) electrons. The lowest BCUT2D eigenvalue weighted by Gasteiger charge is -2.72. The molecule has 0 spiro atoms. The molecule has 0 aromatic rings. The third-order valence-corrected chi connectivity index (χ3v) is 14.2. The molecule has 5 fully saturated rings. The Morgan fingerprint density at radius 3 is 2.17 bits per heavy atom. The van der Waals surface area contributed by atoms with Crippen molar-refractivity contribution in [2.75, 3.05) is 13.1 Å². The Kier molecular flexibility index (Phi) is 6.35. The minimum absolute atomic E-state index is 0.00886. The van der Waals surface area contributed by atoms with Crippen LogP contribution in [0.2, 0.25) is 0 Å². The van der Waals surface area contributed by atoms with Gasteiger partial charge in [0, 0.05) is 31.8 Å². The Bertz CT molecular complexity index is 1160. The van der Waals surface area contributed by atoms with Crippen molar-refractivity contribution in [1.29, 1.82) is 0 Å². The van der Waals surface area contributed by atoms with Gasteiger partial charge in [0.2, 0.25) is 5.91 Å². The number of rotatable bonds is 3. The number of hydrogen-bond donors (Lipinski definition) is 0. The molecule has 6 aliphatic rings. The maximum Gasteiger partial charge on any atom is 0.302 e. The number of ether oxygens (including phenoxy) is 1. The SMILES string of the molecule is CC(=O)O[C@H]1CC[C@]2(C)[C@H]3CC[C@@H]4C5=C(C(C)C)C(=O)C[C@]5(C(=O)N5CCC5)CC[C@@]4(C)[C@]3(C)CC[C@H]2C1(C)C. The van der Waals surface area contributed by atoms with Crippen LogP contribution in [0.4, 0.5) is 0 Å². The van der Waals surface area contributed by atoms with Gasteiger partial charge in [0.05, 0.1) is 5.41 Å². The second-order valence-electron chi connectivity index (χ2n) is 16.4. The summed E-state index contributed by atoms with van der Waals surface area (Å²) in [5.41, 5.74) is 2.07. The molecule has 1 aliphatic heterocycles. The summed E-state index contributed by atoms with van der Waals surface area (Å²) in [5.74, 6) is 1.93. The van der Waals surface area contributed by atoms with Gasteiger partial charge >= 0.3 is 5.97 Å². The van der Waals surface area contributed by atoms with E-state index in [4.69, 9.17) is 4.74 Å². The van der Waals surface area contributed by atoms with E-state index in [9.17, 15) is 14.4 Å². The summed E-state index contributed by atoms with van der Waals surface area (Å²) in [4.78, 5) is 41.9. The van der Waals surface area contributed by atoms with Crippen molar-refractivity contribution in [2.24, 2.45) is 50.7 Å². The molecule has 5 nitrogen and oxygen atoms in total. The first-order valence-corrected chi connectivity index (χ1v) is 16.4. The fourth-order valence-electron chi connectivity index (χ4n) is 12.1. The first kappa shape index (κ1) is 28.5. The zero-order chi connectivity index (χ0) is 29.0. The average molecular weight is 552 g/mol. The zero-order valence-electron chi connectivity index (χ0n) is 26.5. The summed E-state index contributed by atoms with van der Waals surface area (Å²) in [6.07, 6.45) is 9.97. The van der Waals surface area contributed by atoms with E-state index in [2.05, 4.69) is 48.5 Å². The van der Waals surface area contributed by atoms with Gasteiger partial charge in [0.15, 0.2) is 5.78 Å². The predicted octanol–water partition coefficient (Wildman–Crippen LogP) is 7.13. The van der Waals surface area contributed by atoms with Crippen LogP contribution in [-0.4, -0.2) is 41.8 Å². The number of esters is 1. The lowest BCUT2D eigenvalue weighted by Crippen LogP contribution is -2.66. The Morgan fingerprint density at radius 1 is 0.875 bits per heavy atom. The number of likely N-dealkylation sites (tertiary alicyclic amines) is 1. The molecule has 0 bridgehead atoms. The van der Waals surface area contributed by atoms with Gasteiger partial charge in [-0.1, -0.05) is 48.5 Å². The molecule has 222 valence electrons. The molecule has 1 heterocycles. The van der Waals surface area contributed by atoms with Crippen molar-refractivity contribution in [3.63, 3.8) is 0 Å². The molecule has 8 atom stereocenters. The molecule has 0 aromatic heterocycles. The van der Waals surface area contributed by atoms with Crippen molar-refractivity contribution in [2.45, 2.75) is 126 Å². The van der Waals surface area contributed by atoms with Crippen LogP contribution < -0.4 is 0 Å². The normalized spacial score (nSPS) is 45.7. The highest BCUT2D eigenvalue weighted by Gasteiger charge is 2.71. The summed E-state index contributed by atoms with van der Waals surface area (Å²) in [7, 11) is 0. The van der Waals surface area contributed by atoms with E-state index in [-0.39, 0.29) is 51.3 Å². The average Bonchev–Trinajstić information content (AvgIpc) is 3.13. The molecule has 0 N–H and O–H groups in total. The van der Waals surface area contributed by atoms with Gasteiger partial charge in [-0.05, 0) is 109 Å². The van der Waals surface area contributed by atoms with E-state index in [1.54, 1.807) is 6.92 Å². The summed E-state index contributed by atoms with van der Waals surface area (Å²) in [6.45, 7) is 20.0. The Balaban J connectivity index is 1.40. The fraction of sp³-hybridized carbons (Fsp3) is 0.857. The van der Waals surface area contributed by atoms with Crippen molar-refractivity contribution in [3.8, 4) is 0 Å². The molecule has 4 saturated carbocycles. The summed E-state index contributed by atoms with van der Waals surface area (Å²) in [5, 5.41) is 0. The number of fused-ring (bicyclic) bond motifs is 7. The van der Waals surface area contributed by atoms with Crippen molar-refractivity contribution >= 4 is 17.7 Å². The number of carbonyl (C=O) groups excluding carboxylic acids is 3. The number of carbonyl (C=O) groups is 3. The van der Waals surface area contributed by atoms with Crippen LogP contribution in [0.15, 0.2) is 11.1 Å². The zero-order valence-corrected chi connectivity index (χ0v) is 26.5. The first-order valence-electron chi connectivity index (χ1n) is 16.4. The molecule has 6 rings (SSSR count). The van der Waals surface area contributed by atoms with E-state index in [1.165, 1.54) is 12.0 Å². The number of hydrogen-bond acceptors (Lipinski definition) is 4. The Morgan fingerprint density at radius 2 is 1.57 bits per heavy atom. The van der Waals surface area contributed by atoms with Crippen LogP contribution in [0, 0.1) is 50.7 Å². The summed E-state index contributed by atoms with van der Waals surface area (Å²) in [6, 6.07) is 0. The van der Waals surface area contributed by atoms with Gasteiger partial charge in [-0.3, -0.25) is 14.4 Å². The van der Waals surface area contributed by atoms with Crippen molar-refractivity contribution in [1.82, 2.24) is 4.90 Å². The van der Waals surface area contributed by atoms with Crippen LogP contribution in [0.5, 0.6) is 0 Å². The Hall–Kier alpha value is -1.65. The molecule has 1 amide bonds. The van der Waals surface area contributed by atoms with Crippen molar-refractivity contribution in [3.05, 3.63) is 11.1 Å². The highest BCUT2D eigenvalue weighted by atomic mass is 16.5. The molecule has 5 aliphatic carbocycles. The van der Waals surface area contributed by atoms with Crippen LogP contribution in [0.3, 0.4) is 0 Å². The molecule has 0 unspecified atom stereocenters. The highest BCUT2D eigenvalue weighted by molar-refractivity contribution is 6.07. The van der Waals surface area contributed by atoms with Crippen molar-refractivity contribution < 1.29 is 19.1 Å². The number of allylic oxidation sites excluding steroid dienone is 1. The summed E-state index contributed by atoms with van der Waals surface area (Å²) >= 11 is 0.